The van der Waals surface area contributed by atoms with Crippen LogP contribution in [0.1, 0.15) is 23.6 Å². The van der Waals surface area contributed by atoms with Crippen LogP contribution in [0.3, 0.4) is 0 Å². The van der Waals surface area contributed by atoms with Gasteiger partial charge >= 0.3 is 0 Å². The van der Waals surface area contributed by atoms with Crippen LogP contribution < -0.4 is 19.3 Å². The van der Waals surface area contributed by atoms with Crippen LogP contribution in [0.25, 0.3) is 0 Å². The molecule has 1 fully saturated rings. The fourth-order valence-electron chi connectivity index (χ4n) is 3.78. The van der Waals surface area contributed by atoms with E-state index in [4.69, 9.17) is 9.47 Å². The molecule has 0 aliphatic carbocycles. The van der Waals surface area contributed by atoms with Gasteiger partial charge in [-0.05, 0) is 37.6 Å². The van der Waals surface area contributed by atoms with Gasteiger partial charge < -0.3 is 19.3 Å². The Morgan fingerprint density at radius 2 is 1.58 bits per heavy atom. The fraction of sp³-hybridized carbons (Fsp3) is 0.455. The molecule has 1 aliphatic rings. The van der Waals surface area contributed by atoms with E-state index in [2.05, 4.69) is 43.3 Å². The number of nitrogens with one attached hydrogen (secondary N) is 2. The second-order valence-electron chi connectivity index (χ2n) is 7.20. The zero-order valence-electron chi connectivity index (χ0n) is 16.3. The molecule has 4 heteroatoms. The maximum absolute atomic E-state index is 5.71. The fourth-order valence-corrected chi connectivity index (χ4v) is 3.78. The molecule has 0 atom stereocenters. The molecule has 140 valence electrons. The molecule has 4 nitrogen and oxygen atoms in total. The van der Waals surface area contributed by atoms with Crippen molar-refractivity contribution in [3.63, 3.8) is 0 Å². The first-order chi connectivity index (χ1) is 12.7. The topological polar surface area (TPSA) is 27.3 Å². The highest BCUT2D eigenvalue weighted by Gasteiger charge is 2.23. The highest BCUT2D eigenvalue weighted by atomic mass is 16.5. The minimum atomic E-state index is 0.660. The Morgan fingerprint density at radius 3 is 2.23 bits per heavy atom. The maximum atomic E-state index is 5.71. The number of methoxy groups -OCH3 is 1. The summed E-state index contributed by atoms with van der Waals surface area (Å²) in [5, 5.41) is 0. The number of aryl methyl sites for hydroxylation is 1. The summed E-state index contributed by atoms with van der Waals surface area (Å²) < 4.78 is 11.1. The van der Waals surface area contributed by atoms with Crippen molar-refractivity contribution in [3.05, 3.63) is 59.2 Å². The second-order valence-corrected chi connectivity index (χ2v) is 7.20. The van der Waals surface area contributed by atoms with Crippen molar-refractivity contribution >= 4 is 0 Å². The quantitative estimate of drug-likeness (QED) is 0.771. The van der Waals surface area contributed by atoms with Gasteiger partial charge in [-0.15, -0.1) is 0 Å². The van der Waals surface area contributed by atoms with Crippen LogP contribution in [-0.4, -0.2) is 39.9 Å². The average Bonchev–Trinajstić information content (AvgIpc) is 2.66. The summed E-state index contributed by atoms with van der Waals surface area (Å²) in [5.74, 6) is 1.67. The molecule has 1 aliphatic heterocycles. The first kappa shape index (κ1) is 18.7. The molecular formula is C22H32N2O2+2. The standard InChI is InChI=1S/C22H30N2O2/c1-4-26-22-15-19(9-10-21(22)25-3)16-23-11-13-24(14-12-23)17-20-8-6-5-7-18(20)2/h5-10,15H,4,11-14,16-17H2,1-3H3/p+2. The van der Waals surface area contributed by atoms with Crippen LogP contribution in [0.4, 0.5) is 0 Å². The van der Waals surface area contributed by atoms with Crippen molar-refractivity contribution in [1.82, 2.24) is 0 Å². The molecule has 2 aromatic rings. The molecule has 1 saturated heterocycles. The van der Waals surface area contributed by atoms with Gasteiger partial charge in [0.15, 0.2) is 11.5 Å². The van der Waals surface area contributed by atoms with Crippen LogP contribution in [-0.2, 0) is 13.1 Å². The zero-order chi connectivity index (χ0) is 18.4. The zero-order valence-corrected chi connectivity index (χ0v) is 16.3. The predicted molar refractivity (Wildman–Crippen MR) is 104 cm³/mol. The number of quaternary nitrogens is 2. The highest BCUT2D eigenvalue weighted by molar-refractivity contribution is 5.42. The number of ether oxygens (including phenoxy) is 2. The SMILES string of the molecule is CCOc1cc(C[NH+]2CC[NH+](Cc3ccccc3C)CC2)ccc1OC. The average molecular weight is 357 g/mol. The summed E-state index contributed by atoms with van der Waals surface area (Å²) in [6.45, 7) is 12.0. The molecule has 0 unspecified atom stereocenters. The van der Waals surface area contributed by atoms with Gasteiger partial charge in [-0.25, -0.2) is 0 Å². The van der Waals surface area contributed by atoms with Gasteiger partial charge in [0.05, 0.1) is 13.7 Å². The Hall–Kier alpha value is -2.04. The summed E-state index contributed by atoms with van der Waals surface area (Å²) in [7, 11) is 1.69. The van der Waals surface area contributed by atoms with Crippen molar-refractivity contribution in [3.8, 4) is 11.5 Å². The molecule has 0 saturated carbocycles. The summed E-state index contributed by atoms with van der Waals surface area (Å²) in [5.41, 5.74) is 4.23. The van der Waals surface area contributed by atoms with E-state index in [1.807, 2.05) is 13.0 Å². The van der Waals surface area contributed by atoms with E-state index in [0.29, 0.717) is 6.61 Å². The Labute approximate surface area is 157 Å². The number of piperazine rings is 1. The molecule has 0 amide bonds. The van der Waals surface area contributed by atoms with E-state index in [1.54, 1.807) is 16.9 Å². The first-order valence-electron chi connectivity index (χ1n) is 9.71. The van der Waals surface area contributed by atoms with Gasteiger partial charge in [0.25, 0.3) is 0 Å². The third-order valence-electron chi connectivity index (χ3n) is 5.35. The van der Waals surface area contributed by atoms with Gasteiger partial charge in [0, 0.05) is 11.1 Å². The van der Waals surface area contributed by atoms with E-state index in [-0.39, 0.29) is 0 Å². The normalized spacial score (nSPS) is 20.0. The predicted octanol–water partition coefficient (Wildman–Crippen LogP) is 0.886. The molecule has 0 bridgehead atoms. The van der Waals surface area contributed by atoms with Crippen molar-refractivity contribution in [2.24, 2.45) is 0 Å². The third kappa shape index (κ3) is 4.77. The summed E-state index contributed by atoms with van der Waals surface area (Å²) >= 11 is 0. The largest absolute Gasteiger partial charge is 0.493 e. The number of hydrogen-bond donors (Lipinski definition) is 2. The minimum absolute atomic E-state index is 0.660. The number of benzene rings is 2. The second kappa shape index (κ2) is 9.06. The number of rotatable bonds is 7. The lowest BCUT2D eigenvalue weighted by atomic mass is 10.1. The Bertz CT molecular complexity index is 709. The van der Waals surface area contributed by atoms with E-state index < -0.39 is 0 Å². The monoisotopic (exact) mass is 356 g/mol. The molecule has 26 heavy (non-hydrogen) atoms. The van der Waals surface area contributed by atoms with E-state index in [1.165, 1.54) is 42.9 Å². The van der Waals surface area contributed by atoms with Gasteiger partial charge in [-0.3, -0.25) is 0 Å². The van der Waals surface area contributed by atoms with E-state index in [0.717, 1.165) is 24.6 Å². The van der Waals surface area contributed by atoms with E-state index >= 15 is 0 Å². The Kier molecular flexibility index (Phi) is 6.53. The van der Waals surface area contributed by atoms with Crippen molar-refractivity contribution in [1.29, 1.82) is 0 Å². The van der Waals surface area contributed by atoms with Crippen molar-refractivity contribution in [2.45, 2.75) is 26.9 Å². The first-order valence-corrected chi connectivity index (χ1v) is 9.71. The van der Waals surface area contributed by atoms with Crippen LogP contribution in [0, 0.1) is 6.92 Å². The lowest BCUT2D eigenvalue weighted by Crippen LogP contribution is -3.27. The minimum Gasteiger partial charge on any atom is -0.493 e. The summed E-state index contributed by atoms with van der Waals surface area (Å²) in [4.78, 5) is 3.36. The van der Waals surface area contributed by atoms with Crippen molar-refractivity contribution in [2.75, 3.05) is 39.9 Å². The smallest absolute Gasteiger partial charge is 0.161 e. The Morgan fingerprint density at radius 1 is 0.885 bits per heavy atom. The maximum Gasteiger partial charge on any atom is 0.161 e. The molecular weight excluding hydrogens is 324 g/mol. The summed E-state index contributed by atoms with van der Waals surface area (Å²) in [6, 6.07) is 15.1. The van der Waals surface area contributed by atoms with Crippen LogP contribution in [0.5, 0.6) is 11.5 Å². The molecule has 2 aromatic carbocycles. The van der Waals surface area contributed by atoms with Gasteiger partial charge in [-0.2, -0.15) is 0 Å². The highest BCUT2D eigenvalue weighted by Crippen LogP contribution is 2.27. The molecule has 0 aromatic heterocycles. The van der Waals surface area contributed by atoms with Crippen LogP contribution >= 0.6 is 0 Å². The molecule has 3 rings (SSSR count). The van der Waals surface area contributed by atoms with Crippen molar-refractivity contribution < 1.29 is 19.3 Å². The van der Waals surface area contributed by atoms with Crippen LogP contribution in [0.15, 0.2) is 42.5 Å². The molecule has 0 spiro atoms. The summed E-state index contributed by atoms with van der Waals surface area (Å²) in [6.07, 6.45) is 0. The Balaban J connectivity index is 1.54. The molecule has 1 heterocycles. The lowest BCUT2D eigenvalue weighted by Gasteiger charge is -2.30. The van der Waals surface area contributed by atoms with Crippen LogP contribution in [0.2, 0.25) is 0 Å². The van der Waals surface area contributed by atoms with Gasteiger partial charge in [0.1, 0.15) is 39.3 Å². The number of hydrogen-bond acceptors (Lipinski definition) is 2. The van der Waals surface area contributed by atoms with Gasteiger partial charge in [0.2, 0.25) is 0 Å². The molecule has 2 N–H and O–H groups in total. The lowest BCUT2D eigenvalue weighted by molar-refractivity contribution is -1.02. The third-order valence-corrected chi connectivity index (χ3v) is 5.35. The van der Waals surface area contributed by atoms with Gasteiger partial charge in [-0.1, -0.05) is 24.3 Å². The van der Waals surface area contributed by atoms with E-state index in [9.17, 15) is 0 Å². The molecule has 0 radical (unpaired) electrons.